The Morgan fingerprint density at radius 2 is 2.50 bits per heavy atom. The Labute approximate surface area is 74.5 Å². The number of rotatable bonds is 3. The highest BCUT2D eigenvalue weighted by Crippen LogP contribution is 2.70. The number of hydrogen-bond donors (Lipinski definition) is 1. The second-order valence-electron chi connectivity index (χ2n) is 3.93. The van der Waals surface area contributed by atoms with E-state index < -0.39 is 0 Å². The predicted octanol–water partition coefficient (Wildman–Crippen LogP) is 1.72. The number of allylic oxidation sites excluding steroid dienone is 1. The van der Waals surface area contributed by atoms with Gasteiger partial charge in [0.1, 0.15) is 0 Å². The molecule has 1 spiro atoms. The van der Waals surface area contributed by atoms with Gasteiger partial charge < -0.3 is 5.32 Å². The first-order chi connectivity index (χ1) is 5.78. The highest BCUT2D eigenvalue weighted by Gasteiger charge is 2.65. The zero-order valence-corrected chi connectivity index (χ0v) is 7.47. The molecule has 1 unspecified atom stereocenters. The van der Waals surface area contributed by atoms with Crippen LogP contribution in [-0.4, -0.2) is 12.5 Å². The second-order valence-corrected chi connectivity index (χ2v) is 3.93. The molecule has 0 aromatic carbocycles. The third kappa shape index (κ3) is 1.26. The summed E-state index contributed by atoms with van der Waals surface area (Å²) in [6.07, 6.45) is 7.65. The van der Waals surface area contributed by atoms with E-state index in [9.17, 15) is 4.79 Å². The molecule has 0 aromatic rings. The van der Waals surface area contributed by atoms with Crippen LogP contribution in [0.4, 0.5) is 0 Å². The van der Waals surface area contributed by atoms with Crippen molar-refractivity contribution in [1.29, 1.82) is 0 Å². The van der Waals surface area contributed by atoms with Gasteiger partial charge >= 0.3 is 0 Å². The van der Waals surface area contributed by atoms with E-state index in [-0.39, 0.29) is 7.33 Å². The molecule has 12 heavy (non-hydrogen) atoms. The van der Waals surface area contributed by atoms with Gasteiger partial charge in [0.25, 0.3) is 0 Å². The van der Waals surface area contributed by atoms with Gasteiger partial charge in [0.05, 0.1) is 0 Å². The van der Waals surface area contributed by atoms with Crippen LogP contribution in [-0.2, 0) is 4.79 Å². The van der Waals surface area contributed by atoms with Crippen LogP contribution in [0.25, 0.3) is 0 Å². The van der Waals surface area contributed by atoms with Crippen LogP contribution >= 0.6 is 0 Å². The van der Waals surface area contributed by atoms with Gasteiger partial charge in [-0.05, 0) is 31.6 Å². The molecule has 0 bridgehead atoms. The van der Waals surface area contributed by atoms with Gasteiger partial charge in [0, 0.05) is 13.9 Å². The van der Waals surface area contributed by atoms with Crippen molar-refractivity contribution in [3.05, 3.63) is 12.2 Å². The van der Waals surface area contributed by atoms with E-state index in [1.165, 1.54) is 12.8 Å². The van der Waals surface area contributed by atoms with Crippen LogP contribution in [0.2, 0.25) is 0 Å². The maximum absolute atomic E-state index is 11.4. The molecule has 2 aliphatic rings. The fourth-order valence-corrected chi connectivity index (χ4v) is 1.83. The van der Waals surface area contributed by atoms with E-state index in [2.05, 4.69) is 5.32 Å². The van der Waals surface area contributed by atoms with Gasteiger partial charge in [-0.3, -0.25) is 4.79 Å². The Morgan fingerprint density at radius 3 is 3.00 bits per heavy atom. The number of carbonyl (C=O) groups excluding carboxylic acids is 1. The SMILES string of the molecule is C/C=C/CNC(=O)C1CC12CC2.[HH]. The normalized spacial score (nSPS) is 29.2. The highest BCUT2D eigenvalue weighted by atomic mass is 16.2. The van der Waals surface area contributed by atoms with E-state index >= 15 is 0 Å². The topological polar surface area (TPSA) is 29.1 Å². The summed E-state index contributed by atoms with van der Waals surface area (Å²) >= 11 is 0. The lowest BCUT2D eigenvalue weighted by Crippen LogP contribution is -2.25. The van der Waals surface area contributed by atoms with Crippen molar-refractivity contribution < 1.29 is 6.22 Å². The highest BCUT2D eigenvalue weighted by molar-refractivity contribution is 5.83. The Morgan fingerprint density at radius 1 is 1.75 bits per heavy atom. The molecular formula is C10H17NO. The van der Waals surface area contributed by atoms with Crippen LogP contribution in [0.3, 0.4) is 0 Å². The molecule has 1 atom stereocenters. The van der Waals surface area contributed by atoms with E-state index in [0.29, 0.717) is 17.9 Å². The van der Waals surface area contributed by atoms with E-state index in [4.69, 9.17) is 0 Å². The van der Waals surface area contributed by atoms with Gasteiger partial charge in [-0.25, -0.2) is 0 Å². The molecule has 0 aromatic heterocycles. The zero-order valence-electron chi connectivity index (χ0n) is 7.47. The van der Waals surface area contributed by atoms with Crippen LogP contribution in [0, 0.1) is 11.3 Å². The smallest absolute Gasteiger partial charge is 0.223 e. The quantitative estimate of drug-likeness (QED) is 0.637. The molecule has 0 saturated heterocycles. The fraction of sp³-hybridized carbons (Fsp3) is 0.700. The lowest BCUT2D eigenvalue weighted by molar-refractivity contribution is -0.122. The van der Waals surface area contributed by atoms with Crippen molar-refractivity contribution >= 4 is 5.91 Å². The minimum Gasteiger partial charge on any atom is -0.352 e. The molecule has 0 heterocycles. The first kappa shape index (κ1) is 7.84. The number of amides is 1. The van der Waals surface area contributed by atoms with Gasteiger partial charge in [0.2, 0.25) is 5.91 Å². The van der Waals surface area contributed by atoms with Crippen molar-refractivity contribution in [2.24, 2.45) is 11.3 Å². The lowest BCUT2D eigenvalue weighted by atomic mass is 10.3. The molecule has 1 N–H and O–H groups in total. The van der Waals surface area contributed by atoms with Crippen LogP contribution < -0.4 is 5.32 Å². The summed E-state index contributed by atoms with van der Waals surface area (Å²) in [5.74, 6) is 0.633. The second kappa shape index (κ2) is 2.61. The van der Waals surface area contributed by atoms with E-state index in [1.807, 2.05) is 19.1 Å². The maximum atomic E-state index is 11.4. The molecule has 0 aliphatic heterocycles. The van der Waals surface area contributed by atoms with Crippen LogP contribution in [0.1, 0.15) is 27.6 Å². The minimum absolute atomic E-state index is 0. The van der Waals surface area contributed by atoms with Gasteiger partial charge in [-0.1, -0.05) is 12.2 Å². The van der Waals surface area contributed by atoms with Crippen LogP contribution in [0.5, 0.6) is 0 Å². The maximum Gasteiger partial charge on any atom is 0.223 e. The molecule has 1 amide bonds. The van der Waals surface area contributed by atoms with E-state index in [1.54, 1.807) is 0 Å². The summed E-state index contributed by atoms with van der Waals surface area (Å²) in [6.45, 7) is 2.66. The molecule has 2 rings (SSSR count). The summed E-state index contributed by atoms with van der Waals surface area (Å²) < 4.78 is 0. The van der Waals surface area contributed by atoms with Gasteiger partial charge in [-0.15, -0.1) is 0 Å². The van der Waals surface area contributed by atoms with E-state index in [0.717, 1.165) is 6.42 Å². The van der Waals surface area contributed by atoms with Crippen molar-refractivity contribution in [2.75, 3.05) is 6.54 Å². The van der Waals surface area contributed by atoms with Crippen LogP contribution in [0.15, 0.2) is 12.2 Å². The Balaban J connectivity index is 0.000000845. The Bertz CT molecular complexity index is 233. The number of nitrogens with one attached hydrogen (secondary N) is 1. The Hall–Kier alpha value is -0.790. The molecule has 0 radical (unpaired) electrons. The monoisotopic (exact) mass is 167 g/mol. The number of hydrogen-bond acceptors (Lipinski definition) is 1. The lowest BCUT2D eigenvalue weighted by Gasteiger charge is -1.99. The molecule has 2 fully saturated rings. The average Bonchev–Trinajstić information content (AvgIpc) is 2.94. The van der Waals surface area contributed by atoms with Gasteiger partial charge in [0.15, 0.2) is 0 Å². The molecule has 2 nitrogen and oxygen atoms in total. The van der Waals surface area contributed by atoms with Crippen molar-refractivity contribution in [3.63, 3.8) is 0 Å². The summed E-state index contributed by atoms with van der Waals surface area (Å²) in [4.78, 5) is 11.4. The standard InChI is InChI=1S/C10H15NO.H2/c1-2-3-6-11-9(12)8-7-10(8)4-5-10;/h2-3,8H,4-7H2,1H3,(H,11,12);1H/b3-2+;. The van der Waals surface area contributed by atoms with Crippen molar-refractivity contribution in [1.82, 2.24) is 5.32 Å². The number of carbonyl (C=O) groups is 1. The fourth-order valence-electron chi connectivity index (χ4n) is 1.83. The first-order valence-corrected chi connectivity index (χ1v) is 4.67. The Kier molecular flexibility index (Phi) is 1.71. The molecule has 2 saturated carbocycles. The average molecular weight is 167 g/mol. The first-order valence-electron chi connectivity index (χ1n) is 4.67. The zero-order chi connectivity index (χ0) is 8.60. The molecule has 68 valence electrons. The third-order valence-electron chi connectivity index (χ3n) is 3.03. The largest absolute Gasteiger partial charge is 0.352 e. The van der Waals surface area contributed by atoms with Crippen molar-refractivity contribution in [3.8, 4) is 0 Å². The van der Waals surface area contributed by atoms with Gasteiger partial charge in [-0.2, -0.15) is 0 Å². The van der Waals surface area contributed by atoms with Crippen molar-refractivity contribution in [2.45, 2.75) is 26.2 Å². The summed E-state index contributed by atoms with van der Waals surface area (Å²) in [5.41, 5.74) is 0.500. The predicted molar refractivity (Wildman–Crippen MR) is 49.7 cm³/mol. The summed E-state index contributed by atoms with van der Waals surface area (Å²) in [7, 11) is 0. The summed E-state index contributed by atoms with van der Waals surface area (Å²) in [5, 5.41) is 2.92. The molecule has 2 heteroatoms. The third-order valence-corrected chi connectivity index (χ3v) is 3.03. The molecule has 2 aliphatic carbocycles. The summed E-state index contributed by atoms with van der Waals surface area (Å²) in [6, 6.07) is 0. The molecular weight excluding hydrogens is 150 g/mol. The minimum atomic E-state index is 0.